The molecule has 196 valence electrons. The van der Waals surface area contributed by atoms with Gasteiger partial charge in [-0.25, -0.2) is 4.68 Å². The van der Waals surface area contributed by atoms with E-state index in [1.165, 1.54) is 0 Å². The molecule has 8 nitrogen and oxygen atoms in total. The summed E-state index contributed by atoms with van der Waals surface area (Å²) in [5, 5.41) is 15.6. The highest BCUT2D eigenvalue weighted by molar-refractivity contribution is 5.65. The number of aryl methyl sites for hydroxylation is 1. The predicted molar refractivity (Wildman–Crippen MR) is 142 cm³/mol. The number of aliphatic hydroxyl groups excluding tert-OH is 1. The Morgan fingerprint density at radius 1 is 0.973 bits per heavy atom. The summed E-state index contributed by atoms with van der Waals surface area (Å²) in [5.41, 5.74) is 2.72. The van der Waals surface area contributed by atoms with Gasteiger partial charge in [0.2, 0.25) is 5.88 Å². The van der Waals surface area contributed by atoms with Crippen LogP contribution in [0.15, 0.2) is 77.4 Å². The van der Waals surface area contributed by atoms with Crippen LogP contribution < -0.4 is 9.47 Å². The van der Waals surface area contributed by atoms with Crippen LogP contribution in [-0.2, 0) is 24.9 Å². The molecule has 8 heteroatoms. The van der Waals surface area contributed by atoms with Crippen LogP contribution in [0.3, 0.4) is 0 Å². The number of furan rings is 1. The van der Waals surface area contributed by atoms with Crippen molar-refractivity contribution in [3.05, 3.63) is 84.3 Å². The largest absolute Gasteiger partial charge is 0.497 e. The van der Waals surface area contributed by atoms with Crippen molar-refractivity contribution < 1.29 is 23.7 Å². The van der Waals surface area contributed by atoms with Crippen LogP contribution in [0.4, 0.5) is 0 Å². The smallest absolute Gasteiger partial charge is 0.222 e. The summed E-state index contributed by atoms with van der Waals surface area (Å²) in [5.74, 6) is 2.86. The van der Waals surface area contributed by atoms with Crippen molar-refractivity contribution in [1.29, 1.82) is 0 Å². The van der Waals surface area contributed by atoms with Gasteiger partial charge in [-0.1, -0.05) is 30.3 Å². The molecule has 0 bridgehead atoms. The highest BCUT2D eigenvalue weighted by Gasteiger charge is 2.24. The average molecular weight is 506 g/mol. The number of benzene rings is 2. The van der Waals surface area contributed by atoms with Gasteiger partial charge in [0.25, 0.3) is 0 Å². The van der Waals surface area contributed by atoms with Crippen molar-refractivity contribution >= 4 is 0 Å². The lowest BCUT2D eigenvalue weighted by molar-refractivity contribution is -0.0114. The summed E-state index contributed by atoms with van der Waals surface area (Å²) in [6.45, 7) is 5.54. The second-order valence-corrected chi connectivity index (χ2v) is 9.18. The quantitative estimate of drug-likeness (QED) is 0.265. The van der Waals surface area contributed by atoms with Crippen molar-refractivity contribution in [2.75, 3.05) is 20.3 Å². The molecule has 0 radical (unpaired) electrons. The normalized spacial score (nSPS) is 12.3. The molecule has 37 heavy (non-hydrogen) atoms. The molecule has 0 amide bonds. The molecular formula is C29H35N3O5. The van der Waals surface area contributed by atoms with E-state index in [-0.39, 0.29) is 12.7 Å². The number of ether oxygens (including phenoxy) is 3. The molecule has 0 aliphatic rings. The minimum atomic E-state index is -0.667. The molecule has 0 fully saturated rings. The molecule has 0 aliphatic heterocycles. The summed E-state index contributed by atoms with van der Waals surface area (Å²) in [4.78, 5) is 2.12. The molecule has 2 aromatic heterocycles. The van der Waals surface area contributed by atoms with Gasteiger partial charge in [0.1, 0.15) is 23.0 Å². The first kappa shape index (κ1) is 26.5. The Balaban J connectivity index is 1.68. The zero-order chi connectivity index (χ0) is 26.2. The van der Waals surface area contributed by atoms with Crippen LogP contribution >= 0.6 is 0 Å². The highest BCUT2D eigenvalue weighted by Crippen LogP contribution is 2.35. The van der Waals surface area contributed by atoms with Crippen LogP contribution in [0.5, 0.6) is 17.4 Å². The van der Waals surface area contributed by atoms with Gasteiger partial charge in [0.05, 0.1) is 44.3 Å². The standard InChI is InChI=1S/C29H35N3O5/c1-21(2)36-20-23(33)17-32(18-26-11-8-16-35-26)19-27-28(22-9-6-5-7-10-22)30-31(3)29(27)37-25-14-12-24(34-4)13-15-25/h5-16,21,23,33H,17-20H2,1-4H3/t23-/m0/s1. The first-order chi connectivity index (χ1) is 17.9. The fourth-order valence-corrected chi connectivity index (χ4v) is 4.09. The number of hydrogen-bond acceptors (Lipinski definition) is 7. The van der Waals surface area contributed by atoms with E-state index in [2.05, 4.69) is 4.90 Å². The first-order valence-electron chi connectivity index (χ1n) is 12.4. The fraction of sp³-hybridized carbons (Fsp3) is 0.345. The van der Waals surface area contributed by atoms with Crippen molar-refractivity contribution in [1.82, 2.24) is 14.7 Å². The third-order valence-corrected chi connectivity index (χ3v) is 5.84. The lowest BCUT2D eigenvalue weighted by Crippen LogP contribution is -2.35. The second kappa shape index (κ2) is 12.6. The van der Waals surface area contributed by atoms with Crippen LogP contribution in [0.25, 0.3) is 11.3 Å². The molecule has 0 aliphatic carbocycles. The summed E-state index contributed by atoms with van der Waals surface area (Å²) in [7, 11) is 3.51. The van der Waals surface area contributed by atoms with Crippen molar-refractivity contribution in [2.45, 2.75) is 39.1 Å². The van der Waals surface area contributed by atoms with Gasteiger partial charge in [-0.05, 0) is 50.2 Å². The maximum atomic E-state index is 10.8. The van der Waals surface area contributed by atoms with E-state index in [1.807, 2.05) is 87.6 Å². The van der Waals surface area contributed by atoms with E-state index in [0.717, 1.165) is 28.3 Å². The highest BCUT2D eigenvalue weighted by atomic mass is 16.5. The molecule has 1 N–H and O–H groups in total. The SMILES string of the molecule is COc1ccc(Oc2c(CN(Cc3ccco3)C[C@H](O)COC(C)C)c(-c3ccccc3)nn2C)cc1. The summed E-state index contributed by atoms with van der Waals surface area (Å²) >= 11 is 0. The van der Waals surface area contributed by atoms with Crippen molar-refractivity contribution in [3.8, 4) is 28.6 Å². The Bertz CT molecular complexity index is 1220. The maximum Gasteiger partial charge on any atom is 0.222 e. The molecule has 2 aromatic carbocycles. The molecule has 0 unspecified atom stereocenters. The number of rotatable bonds is 13. The Morgan fingerprint density at radius 2 is 1.70 bits per heavy atom. The number of nitrogens with zero attached hydrogens (tertiary/aromatic N) is 3. The minimum absolute atomic E-state index is 0.0423. The number of aromatic nitrogens is 2. The molecule has 0 saturated heterocycles. The van der Waals surface area contributed by atoms with E-state index in [0.29, 0.717) is 31.3 Å². The second-order valence-electron chi connectivity index (χ2n) is 9.18. The van der Waals surface area contributed by atoms with Gasteiger partial charge in [0, 0.05) is 25.7 Å². The number of hydrogen-bond donors (Lipinski definition) is 1. The van der Waals surface area contributed by atoms with Crippen LogP contribution in [-0.4, -0.2) is 52.3 Å². The molecule has 4 rings (SSSR count). The topological polar surface area (TPSA) is 82.1 Å². The van der Waals surface area contributed by atoms with E-state index in [1.54, 1.807) is 18.1 Å². The minimum Gasteiger partial charge on any atom is -0.497 e. The molecule has 4 aromatic rings. The van der Waals surface area contributed by atoms with Gasteiger partial charge < -0.3 is 23.7 Å². The maximum absolute atomic E-state index is 10.8. The predicted octanol–water partition coefficient (Wildman–Crippen LogP) is 5.27. The average Bonchev–Trinajstić information content (AvgIpc) is 3.52. The summed E-state index contributed by atoms with van der Waals surface area (Å²) < 4.78 is 24.7. The molecule has 1 atom stereocenters. The van der Waals surface area contributed by atoms with Crippen molar-refractivity contribution in [2.24, 2.45) is 7.05 Å². The number of methoxy groups -OCH3 is 1. The van der Waals surface area contributed by atoms with Gasteiger partial charge in [-0.3, -0.25) is 4.90 Å². The monoisotopic (exact) mass is 505 g/mol. The summed E-state index contributed by atoms with van der Waals surface area (Å²) in [6.07, 6.45) is 1.03. The zero-order valence-corrected chi connectivity index (χ0v) is 21.8. The molecule has 0 spiro atoms. The Morgan fingerprint density at radius 3 is 2.35 bits per heavy atom. The van der Waals surface area contributed by atoms with Crippen molar-refractivity contribution in [3.63, 3.8) is 0 Å². The third kappa shape index (κ3) is 7.22. The number of aliphatic hydroxyl groups is 1. The lowest BCUT2D eigenvalue weighted by Gasteiger charge is -2.25. The molecule has 0 saturated carbocycles. The van der Waals surface area contributed by atoms with Gasteiger partial charge in [0.15, 0.2) is 0 Å². The fourth-order valence-electron chi connectivity index (χ4n) is 4.09. The zero-order valence-electron chi connectivity index (χ0n) is 21.8. The Kier molecular flexibility index (Phi) is 9.00. The van der Waals surface area contributed by atoms with Gasteiger partial charge >= 0.3 is 0 Å². The van der Waals surface area contributed by atoms with Crippen LogP contribution in [0, 0.1) is 0 Å². The lowest BCUT2D eigenvalue weighted by atomic mass is 10.1. The van der Waals surface area contributed by atoms with E-state index in [9.17, 15) is 5.11 Å². The first-order valence-corrected chi connectivity index (χ1v) is 12.4. The molecule has 2 heterocycles. The van der Waals surface area contributed by atoms with E-state index < -0.39 is 6.10 Å². The van der Waals surface area contributed by atoms with Crippen LogP contribution in [0.2, 0.25) is 0 Å². The van der Waals surface area contributed by atoms with E-state index >= 15 is 0 Å². The Labute approximate surface area is 218 Å². The van der Waals surface area contributed by atoms with Gasteiger partial charge in [-0.2, -0.15) is 5.10 Å². The van der Waals surface area contributed by atoms with Gasteiger partial charge in [-0.15, -0.1) is 0 Å². The third-order valence-electron chi connectivity index (χ3n) is 5.84. The summed E-state index contributed by atoms with van der Waals surface area (Å²) in [6, 6.07) is 21.3. The Hall–Kier alpha value is -3.59. The molecular weight excluding hydrogens is 470 g/mol. The van der Waals surface area contributed by atoms with Crippen LogP contribution in [0.1, 0.15) is 25.2 Å². The van der Waals surface area contributed by atoms with E-state index in [4.69, 9.17) is 23.7 Å².